The van der Waals surface area contributed by atoms with Gasteiger partial charge in [-0.3, -0.25) is 0 Å². The molecule has 72 valence electrons. The van der Waals surface area contributed by atoms with E-state index in [1.54, 1.807) is 7.11 Å². The molecule has 0 saturated heterocycles. The van der Waals surface area contributed by atoms with Crippen molar-refractivity contribution in [2.75, 3.05) is 20.3 Å². The average Bonchev–Trinajstić information content (AvgIpc) is 2.06. The summed E-state index contributed by atoms with van der Waals surface area (Å²) in [6, 6.07) is 0.452. The maximum Gasteiger partial charge on any atom is 0.0615 e. The molecule has 2 nitrogen and oxygen atoms in total. The van der Waals surface area contributed by atoms with Crippen LogP contribution in [-0.4, -0.2) is 26.3 Å². The highest BCUT2D eigenvalue weighted by atomic mass is 35.5. The van der Waals surface area contributed by atoms with Crippen LogP contribution in [0.2, 0.25) is 0 Å². The molecule has 0 rings (SSSR count). The van der Waals surface area contributed by atoms with Gasteiger partial charge in [-0.1, -0.05) is 31.0 Å². The van der Waals surface area contributed by atoms with E-state index in [1.165, 1.54) is 12.0 Å². The van der Waals surface area contributed by atoms with Crippen LogP contribution in [0.25, 0.3) is 0 Å². The lowest BCUT2D eigenvalue weighted by Crippen LogP contribution is -2.33. The van der Waals surface area contributed by atoms with Gasteiger partial charge in [-0.05, 0) is 6.42 Å². The first-order valence-corrected chi connectivity index (χ1v) is 4.76. The lowest BCUT2D eigenvalue weighted by molar-refractivity contribution is 0.164. The summed E-state index contributed by atoms with van der Waals surface area (Å²) in [5, 5.41) is 3.33. The van der Waals surface area contributed by atoms with Crippen molar-refractivity contribution >= 4 is 11.6 Å². The van der Waals surface area contributed by atoms with Gasteiger partial charge in [-0.2, -0.15) is 0 Å². The first kappa shape index (κ1) is 11.9. The predicted octanol–water partition coefficient (Wildman–Crippen LogP) is 2.14. The van der Waals surface area contributed by atoms with Crippen LogP contribution < -0.4 is 5.32 Å². The molecule has 0 heterocycles. The third-order valence-corrected chi connectivity index (χ3v) is 1.80. The van der Waals surface area contributed by atoms with Gasteiger partial charge in [0.1, 0.15) is 0 Å². The summed E-state index contributed by atoms with van der Waals surface area (Å²) in [4.78, 5) is 0. The van der Waals surface area contributed by atoms with Crippen LogP contribution in [-0.2, 0) is 4.74 Å². The van der Waals surface area contributed by atoms with E-state index in [1.807, 2.05) is 6.08 Å². The van der Waals surface area contributed by atoms with E-state index >= 15 is 0 Å². The highest BCUT2D eigenvalue weighted by Crippen LogP contribution is 1.96. The molecule has 0 aromatic heterocycles. The van der Waals surface area contributed by atoms with Crippen LogP contribution in [0.1, 0.15) is 19.8 Å². The van der Waals surface area contributed by atoms with Gasteiger partial charge in [0.2, 0.25) is 0 Å². The molecule has 12 heavy (non-hydrogen) atoms. The Labute approximate surface area is 79.9 Å². The molecule has 0 aliphatic rings. The molecule has 0 bridgehead atoms. The minimum Gasteiger partial charge on any atom is -0.383 e. The summed E-state index contributed by atoms with van der Waals surface area (Å²) in [5.74, 6) is 0. The zero-order valence-electron chi connectivity index (χ0n) is 7.85. The summed E-state index contributed by atoms with van der Waals surface area (Å²) in [7, 11) is 1.72. The Morgan fingerprint density at radius 2 is 2.33 bits per heavy atom. The maximum absolute atomic E-state index is 5.39. The molecular weight excluding hydrogens is 174 g/mol. The van der Waals surface area contributed by atoms with E-state index in [-0.39, 0.29) is 0 Å². The molecule has 1 N–H and O–H groups in total. The second kappa shape index (κ2) is 9.04. The zero-order chi connectivity index (χ0) is 9.23. The maximum atomic E-state index is 5.39. The van der Waals surface area contributed by atoms with Crippen molar-refractivity contribution in [3.8, 4) is 0 Å². The number of ether oxygens (including phenoxy) is 1. The molecule has 0 saturated carbocycles. The molecule has 0 amide bonds. The molecule has 0 aromatic carbocycles. The van der Waals surface area contributed by atoms with Gasteiger partial charge < -0.3 is 10.1 Å². The smallest absolute Gasteiger partial charge is 0.0615 e. The number of rotatable bonds is 7. The monoisotopic (exact) mass is 191 g/mol. The molecule has 0 aliphatic heterocycles. The Bertz CT molecular complexity index is 111. The normalized spacial score (nSPS) is 13.9. The van der Waals surface area contributed by atoms with Gasteiger partial charge in [-0.15, -0.1) is 0 Å². The van der Waals surface area contributed by atoms with Gasteiger partial charge in [-0.25, -0.2) is 0 Å². The Morgan fingerprint density at radius 1 is 1.58 bits per heavy atom. The summed E-state index contributed by atoms with van der Waals surface area (Å²) in [6.45, 7) is 3.75. The fourth-order valence-corrected chi connectivity index (χ4v) is 1.16. The van der Waals surface area contributed by atoms with E-state index in [2.05, 4.69) is 12.2 Å². The van der Waals surface area contributed by atoms with E-state index in [9.17, 15) is 0 Å². The van der Waals surface area contributed by atoms with Crippen LogP contribution >= 0.6 is 11.6 Å². The summed E-state index contributed by atoms with van der Waals surface area (Å²) in [6.07, 6.45) is 4.20. The van der Waals surface area contributed by atoms with Gasteiger partial charge in [0.25, 0.3) is 0 Å². The van der Waals surface area contributed by atoms with E-state index in [0.29, 0.717) is 6.04 Å². The number of methoxy groups -OCH3 is 1. The van der Waals surface area contributed by atoms with Gasteiger partial charge in [0.15, 0.2) is 0 Å². The molecule has 1 atom stereocenters. The van der Waals surface area contributed by atoms with E-state index < -0.39 is 0 Å². The van der Waals surface area contributed by atoms with E-state index in [0.717, 1.165) is 19.6 Å². The average molecular weight is 192 g/mol. The van der Waals surface area contributed by atoms with Crippen LogP contribution in [0.4, 0.5) is 0 Å². The summed E-state index contributed by atoms with van der Waals surface area (Å²) >= 11 is 5.39. The number of hydrogen-bond acceptors (Lipinski definition) is 2. The second-order valence-corrected chi connectivity index (χ2v) is 2.96. The van der Waals surface area contributed by atoms with Crippen LogP contribution in [0.3, 0.4) is 0 Å². The third-order valence-electron chi connectivity index (χ3n) is 1.62. The molecule has 1 unspecified atom stereocenters. The summed E-state index contributed by atoms with van der Waals surface area (Å²) < 4.78 is 5.07. The first-order chi connectivity index (χ1) is 5.85. The van der Waals surface area contributed by atoms with Crippen molar-refractivity contribution in [1.82, 2.24) is 5.32 Å². The van der Waals surface area contributed by atoms with Crippen LogP contribution in [0.15, 0.2) is 11.6 Å². The van der Waals surface area contributed by atoms with Crippen LogP contribution in [0, 0.1) is 0 Å². The van der Waals surface area contributed by atoms with Crippen molar-refractivity contribution in [3.05, 3.63) is 11.6 Å². The van der Waals surface area contributed by atoms with Gasteiger partial charge >= 0.3 is 0 Å². The third kappa shape index (κ3) is 6.65. The number of halogens is 1. The minimum absolute atomic E-state index is 0.452. The fourth-order valence-electron chi connectivity index (χ4n) is 1.07. The first-order valence-electron chi connectivity index (χ1n) is 4.32. The summed E-state index contributed by atoms with van der Waals surface area (Å²) in [5.41, 5.74) is 1.53. The largest absolute Gasteiger partial charge is 0.383 e. The standard InChI is InChI=1S/C9H18ClNO/c1-3-5-9(8-12-2)11-7-4-6-10/h4,6,9,11H,3,5,7-8H2,1-2H3/b6-4+. The Balaban J connectivity index is 3.47. The molecule has 0 aliphatic carbocycles. The van der Waals surface area contributed by atoms with Crippen molar-refractivity contribution in [1.29, 1.82) is 0 Å². The number of hydrogen-bond donors (Lipinski definition) is 1. The van der Waals surface area contributed by atoms with E-state index in [4.69, 9.17) is 16.3 Å². The Hall–Kier alpha value is -0.0500. The Morgan fingerprint density at radius 3 is 2.83 bits per heavy atom. The fraction of sp³-hybridized carbons (Fsp3) is 0.778. The molecule has 0 aromatic rings. The highest BCUT2D eigenvalue weighted by Gasteiger charge is 2.03. The Kier molecular flexibility index (Phi) is 9.00. The molecule has 0 radical (unpaired) electrons. The minimum atomic E-state index is 0.452. The lowest BCUT2D eigenvalue weighted by Gasteiger charge is -2.15. The predicted molar refractivity (Wildman–Crippen MR) is 53.6 cm³/mol. The van der Waals surface area contributed by atoms with Crippen molar-refractivity contribution in [3.63, 3.8) is 0 Å². The van der Waals surface area contributed by atoms with Crippen molar-refractivity contribution in [2.45, 2.75) is 25.8 Å². The highest BCUT2D eigenvalue weighted by molar-refractivity contribution is 6.25. The molecule has 0 fully saturated rings. The molecular formula is C9H18ClNO. The van der Waals surface area contributed by atoms with Gasteiger partial charge in [0.05, 0.1) is 6.61 Å². The lowest BCUT2D eigenvalue weighted by atomic mass is 10.2. The van der Waals surface area contributed by atoms with Gasteiger partial charge in [0, 0.05) is 25.2 Å². The zero-order valence-corrected chi connectivity index (χ0v) is 8.60. The topological polar surface area (TPSA) is 21.3 Å². The quantitative estimate of drug-likeness (QED) is 0.666. The van der Waals surface area contributed by atoms with Crippen molar-refractivity contribution in [2.24, 2.45) is 0 Å². The number of nitrogens with one attached hydrogen (secondary N) is 1. The molecule has 0 spiro atoms. The second-order valence-electron chi connectivity index (χ2n) is 2.71. The van der Waals surface area contributed by atoms with Crippen molar-refractivity contribution < 1.29 is 4.74 Å². The molecule has 3 heteroatoms. The SMILES string of the molecule is CCCC(COC)NC/C=C/Cl. The van der Waals surface area contributed by atoms with Crippen LogP contribution in [0.5, 0.6) is 0 Å².